The zero-order valence-corrected chi connectivity index (χ0v) is 15.4. The van der Waals surface area contributed by atoms with E-state index in [-0.39, 0.29) is 40.5 Å². The van der Waals surface area contributed by atoms with Gasteiger partial charge < -0.3 is 5.32 Å². The van der Waals surface area contributed by atoms with Crippen LogP contribution in [0.1, 0.15) is 12.8 Å². The Labute approximate surface area is 156 Å². The molecule has 0 bridgehead atoms. The summed E-state index contributed by atoms with van der Waals surface area (Å²) in [7, 11) is -3.55. The van der Waals surface area contributed by atoms with Crippen LogP contribution in [0.2, 0.25) is 5.02 Å². The van der Waals surface area contributed by atoms with E-state index in [0.717, 1.165) is 6.07 Å². The number of hydrogen-bond donors (Lipinski definition) is 1. The Hall–Kier alpha value is -1.96. The first-order valence-corrected chi connectivity index (χ1v) is 10.0. The number of piperidine rings is 1. The van der Waals surface area contributed by atoms with Crippen LogP contribution < -0.4 is 5.32 Å². The highest BCUT2D eigenvalue weighted by Gasteiger charge is 2.32. The summed E-state index contributed by atoms with van der Waals surface area (Å²) in [6.45, 7) is 0.497. The molecule has 1 saturated heterocycles. The molecule has 0 aromatic heterocycles. The van der Waals surface area contributed by atoms with Crippen LogP contribution in [-0.2, 0) is 14.8 Å². The van der Waals surface area contributed by atoms with Crippen LogP contribution >= 0.6 is 11.6 Å². The largest absolute Gasteiger partial charge is 0.323 e. The predicted molar refractivity (Wildman–Crippen MR) is 98.0 cm³/mol. The molecule has 2 aromatic carbocycles. The van der Waals surface area contributed by atoms with Crippen molar-refractivity contribution in [1.82, 2.24) is 4.31 Å². The summed E-state index contributed by atoms with van der Waals surface area (Å²) in [4.78, 5) is 12.6. The molecule has 138 valence electrons. The van der Waals surface area contributed by atoms with Crippen molar-refractivity contribution in [2.75, 3.05) is 18.4 Å². The summed E-state index contributed by atoms with van der Waals surface area (Å²) in [5, 5.41) is 2.80. The Balaban J connectivity index is 1.62. The van der Waals surface area contributed by atoms with Gasteiger partial charge >= 0.3 is 0 Å². The molecule has 1 heterocycles. The first kappa shape index (κ1) is 18.8. The smallest absolute Gasteiger partial charge is 0.243 e. The second-order valence-electron chi connectivity index (χ2n) is 6.10. The van der Waals surface area contributed by atoms with Crippen molar-refractivity contribution in [2.45, 2.75) is 17.7 Å². The van der Waals surface area contributed by atoms with Gasteiger partial charge in [-0.1, -0.05) is 29.8 Å². The molecule has 0 radical (unpaired) electrons. The average Bonchev–Trinajstić information content (AvgIpc) is 2.65. The predicted octanol–water partition coefficient (Wildman–Crippen LogP) is 3.52. The van der Waals surface area contributed by atoms with Crippen LogP contribution in [-0.4, -0.2) is 31.7 Å². The number of halogens is 2. The van der Waals surface area contributed by atoms with Gasteiger partial charge in [0.1, 0.15) is 5.82 Å². The van der Waals surface area contributed by atoms with Gasteiger partial charge in [0.2, 0.25) is 15.9 Å². The Morgan fingerprint density at radius 1 is 1.12 bits per heavy atom. The number of sulfonamides is 1. The zero-order chi connectivity index (χ0) is 18.7. The minimum absolute atomic E-state index is 0.0683. The minimum atomic E-state index is -3.55. The number of amides is 1. The van der Waals surface area contributed by atoms with E-state index in [0.29, 0.717) is 12.8 Å². The van der Waals surface area contributed by atoms with E-state index >= 15 is 0 Å². The van der Waals surface area contributed by atoms with Crippen molar-refractivity contribution in [3.63, 3.8) is 0 Å². The standard InChI is InChI=1S/C18H18ClFN2O3S/c19-14-6-7-17(16(20)12-14)21-18(23)13-8-10-22(11-9-13)26(24,25)15-4-2-1-3-5-15/h1-7,12-13H,8-11H2,(H,21,23). The zero-order valence-electron chi connectivity index (χ0n) is 13.9. The summed E-state index contributed by atoms with van der Waals surface area (Å²) in [6.07, 6.45) is 0.764. The van der Waals surface area contributed by atoms with Crippen molar-refractivity contribution in [2.24, 2.45) is 5.92 Å². The van der Waals surface area contributed by atoms with Gasteiger partial charge in [0.15, 0.2) is 0 Å². The van der Waals surface area contributed by atoms with Crippen LogP contribution in [0.5, 0.6) is 0 Å². The Morgan fingerprint density at radius 2 is 1.77 bits per heavy atom. The molecular formula is C18H18ClFN2O3S. The topological polar surface area (TPSA) is 66.5 Å². The summed E-state index contributed by atoms with van der Waals surface area (Å²) >= 11 is 5.70. The molecule has 0 aliphatic carbocycles. The van der Waals surface area contributed by atoms with Crippen molar-refractivity contribution >= 4 is 33.2 Å². The number of hydrogen-bond acceptors (Lipinski definition) is 3. The van der Waals surface area contributed by atoms with Crippen molar-refractivity contribution < 1.29 is 17.6 Å². The number of carbonyl (C=O) groups excluding carboxylic acids is 1. The quantitative estimate of drug-likeness (QED) is 0.859. The molecule has 2 aromatic rings. The number of nitrogens with one attached hydrogen (secondary N) is 1. The second-order valence-corrected chi connectivity index (χ2v) is 8.48. The third-order valence-electron chi connectivity index (χ3n) is 4.39. The van der Waals surface area contributed by atoms with Gasteiger partial charge in [-0.2, -0.15) is 4.31 Å². The molecular weight excluding hydrogens is 379 g/mol. The fraction of sp³-hybridized carbons (Fsp3) is 0.278. The summed E-state index contributed by atoms with van der Waals surface area (Å²) < 4.78 is 40.4. The second kappa shape index (κ2) is 7.73. The summed E-state index contributed by atoms with van der Waals surface area (Å²) in [5.41, 5.74) is 0.0683. The third-order valence-corrected chi connectivity index (χ3v) is 6.54. The van der Waals surface area contributed by atoms with Gasteiger partial charge in [0.25, 0.3) is 0 Å². The molecule has 0 atom stereocenters. The van der Waals surface area contributed by atoms with Gasteiger partial charge in [0.05, 0.1) is 10.6 Å². The summed E-state index contributed by atoms with van der Waals surface area (Å²) in [6, 6.07) is 12.2. The third kappa shape index (κ3) is 4.06. The highest BCUT2D eigenvalue weighted by atomic mass is 35.5. The lowest BCUT2D eigenvalue weighted by molar-refractivity contribution is -0.120. The normalized spacial score (nSPS) is 16.4. The molecule has 5 nitrogen and oxygen atoms in total. The lowest BCUT2D eigenvalue weighted by Crippen LogP contribution is -2.41. The lowest BCUT2D eigenvalue weighted by Gasteiger charge is -2.30. The Kier molecular flexibility index (Phi) is 5.60. The highest BCUT2D eigenvalue weighted by Crippen LogP contribution is 2.26. The molecule has 0 saturated carbocycles. The van der Waals surface area contributed by atoms with E-state index in [1.165, 1.54) is 16.4 Å². The van der Waals surface area contributed by atoms with E-state index < -0.39 is 15.8 Å². The lowest BCUT2D eigenvalue weighted by atomic mass is 9.97. The Bertz CT molecular complexity index is 898. The highest BCUT2D eigenvalue weighted by molar-refractivity contribution is 7.89. The molecule has 1 N–H and O–H groups in total. The number of anilines is 1. The first-order chi connectivity index (χ1) is 12.4. The molecule has 8 heteroatoms. The maximum atomic E-state index is 13.8. The molecule has 3 rings (SSSR count). The van der Waals surface area contributed by atoms with Crippen LogP contribution in [0.15, 0.2) is 53.4 Å². The van der Waals surface area contributed by atoms with Crippen LogP contribution in [0.25, 0.3) is 0 Å². The maximum absolute atomic E-state index is 13.8. The van der Waals surface area contributed by atoms with E-state index in [2.05, 4.69) is 5.32 Å². The molecule has 1 aliphatic rings. The van der Waals surface area contributed by atoms with Crippen LogP contribution in [0.3, 0.4) is 0 Å². The van der Waals surface area contributed by atoms with Crippen LogP contribution in [0, 0.1) is 11.7 Å². The van der Waals surface area contributed by atoms with Gasteiger partial charge in [-0.3, -0.25) is 4.79 Å². The fourth-order valence-corrected chi connectivity index (χ4v) is 4.58. The SMILES string of the molecule is O=C(Nc1ccc(Cl)cc1F)C1CCN(S(=O)(=O)c2ccccc2)CC1. The van der Waals surface area contributed by atoms with E-state index in [4.69, 9.17) is 11.6 Å². The molecule has 26 heavy (non-hydrogen) atoms. The molecule has 1 amide bonds. The Morgan fingerprint density at radius 3 is 2.38 bits per heavy atom. The molecule has 1 aliphatic heterocycles. The fourth-order valence-electron chi connectivity index (χ4n) is 2.93. The molecule has 1 fully saturated rings. The number of carbonyl (C=O) groups is 1. The van der Waals surface area contributed by atoms with Crippen molar-refractivity contribution in [3.8, 4) is 0 Å². The van der Waals surface area contributed by atoms with Crippen LogP contribution in [0.4, 0.5) is 10.1 Å². The number of rotatable bonds is 4. The van der Waals surface area contributed by atoms with Gasteiger partial charge in [0, 0.05) is 24.0 Å². The minimum Gasteiger partial charge on any atom is -0.323 e. The summed E-state index contributed by atoms with van der Waals surface area (Å²) in [5.74, 6) is -1.29. The molecule has 0 unspecified atom stereocenters. The van der Waals surface area contributed by atoms with Crippen molar-refractivity contribution in [1.29, 1.82) is 0 Å². The van der Waals surface area contributed by atoms with Gasteiger partial charge in [-0.15, -0.1) is 0 Å². The average molecular weight is 397 g/mol. The van der Waals surface area contributed by atoms with E-state index in [1.54, 1.807) is 30.3 Å². The first-order valence-electron chi connectivity index (χ1n) is 8.19. The van der Waals surface area contributed by atoms with E-state index in [9.17, 15) is 17.6 Å². The maximum Gasteiger partial charge on any atom is 0.243 e. The van der Waals surface area contributed by atoms with Crippen molar-refractivity contribution in [3.05, 3.63) is 59.4 Å². The molecule has 0 spiro atoms. The van der Waals surface area contributed by atoms with Gasteiger partial charge in [-0.05, 0) is 43.2 Å². The van der Waals surface area contributed by atoms with Gasteiger partial charge in [-0.25, -0.2) is 12.8 Å². The van der Waals surface area contributed by atoms with E-state index in [1.807, 2.05) is 0 Å². The number of nitrogens with zero attached hydrogens (tertiary/aromatic N) is 1. The monoisotopic (exact) mass is 396 g/mol. The number of benzene rings is 2.